The summed E-state index contributed by atoms with van der Waals surface area (Å²) in [5, 5.41) is 10.6. The Morgan fingerprint density at radius 1 is 0.596 bits per heavy atom. The third-order valence-corrected chi connectivity index (χ3v) is 7.65. The third kappa shape index (κ3) is 14.8. The molecule has 3 aromatic carbocycles. The number of benzene rings is 3. The summed E-state index contributed by atoms with van der Waals surface area (Å²) in [5.41, 5.74) is 1.75. The van der Waals surface area contributed by atoms with Gasteiger partial charge in [0.05, 0.1) is 0 Å². The van der Waals surface area contributed by atoms with Crippen LogP contribution in [0, 0.1) is 5.92 Å². The number of carbonyl (C=O) groups is 5. The largest absolute Gasteiger partial charge is 0.489 e. The highest BCUT2D eigenvalue weighted by atomic mass is 16.6. The van der Waals surface area contributed by atoms with Crippen molar-refractivity contribution in [2.75, 3.05) is 0 Å². The molecule has 0 saturated heterocycles. The van der Waals surface area contributed by atoms with Gasteiger partial charge in [-0.3, -0.25) is 14.4 Å². The van der Waals surface area contributed by atoms with E-state index in [0.29, 0.717) is 12.4 Å². The highest BCUT2D eigenvalue weighted by Crippen LogP contribution is 2.16. The lowest BCUT2D eigenvalue weighted by molar-refractivity contribution is -0.148. The van der Waals surface area contributed by atoms with Crippen LogP contribution in [0.1, 0.15) is 71.6 Å². The van der Waals surface area contributed by atoms with Crippen LogP contribution in [0.25, 0.3) is 0 Å². The summed E-state index contributed by atoms with van der Waals surface area (Å²) >= 11 is 0. The van der Waals surface area contributed by atoms with Crippen molar-refractivity contribution in [1.29, 1.82) is 0 Å². The van der Waals surface area contributed by atoms with E-state index in [1.54, 1.807) is 45.0 Å². The molecule has 0 unspecified atom stereocenters. The first-order valence-electron chi connectivity index (χ1n) is 17.5. The van der Waals surface area contributed by atoms with Gasteiger partial charge in [0.1, 0.15) is 48.7 Å². The highest BCUT2D eigenvalue weighted by Gasteiger charge is 2.30. The molecule has 4 atom stereocenters. The first-order valence-corrected chi connectivity index (χ1v) is 17.5. The van der Waals surface area contributed by atoms with Crippen molar-refractivity contribution in [3.8, 4) is 5.75 Å². The van der Waals surface area contributed by atoms with Crippen molar-refractivity contribution < 1.29 is 38.2 Å². The zero-order valence-electron chi connectivity index (χ0n) is 31.1. The van der Waals surface area contributed by atoms with Crippen molar-refractivity contribution in [1.82, 2.24) is 21.3 Å². The molecular formula is C40H52N4O8. The predicted octanol–water partition coefficient (Wildman–Crippen LogP) is 4.99. The van der Waals surface area contributed by atoms with Crippen LogP contribution in [-0.2, 0) is 48.3 Å². The molecule has 3 aromatic rings. The van der Waals surface area contributed by atoms with Gasteiger partial charge in [0.2, 0.25) is 17.7 Å². The molecule has 0 aromatic heterocycles. The van der Waals surface area contributed by atoms with E-state index in [2.05, 4.69) is 21.3 Å². The van der Waals surface area contributed by atoms with Crippen LogP contribution in [-0.4, -0.2) is 59.6 Å². The lowest BCUT2D eigenvalue weighted by Gasteiger charge is -2.26. The van der Waals surface area contributed by atoms with Gasteiger partial charge in [-0.1, -0.05) is 86.6 Å². The van der Waals surface area contributed by atoms with Crippen molar-refractivity contribution in [2.24, 2.45) is 5.92 Å². The maximum Gasteiger partial charge on any atom is 0.408 e. The molecule has 0 aliphatic rings. The molecule has 0 saturated carbocycles. The van der Waals surface area contributed by atoms with Crippen LogP contribution in [0.15, 0.2) is 84.9 Å². The average Bonchev–Trinajstić information content (AvgIpc) is 3.09. The number of alkyl carbamates (subject to hydrolysis) is 1. The molecule has 12 nitrogen and oxygen atoms in total. The van der Waals surface area contributed by atoms with Gasteiger partial charge >= 0.3 is 12.1 Å². The zero-order chi connectivity index (χ0) is 38.3. The molecule has 0 heterocycles. The maximum atomic E-state index is 13.6. The minimum absolute atomic E-state index is 0.0128. The van der Waals surface area contributed by atoms with Crippen molar-refractivity contribution in [3.05, 3.63) is 102 Å². The predicted molar refractivity (Wildman–Crippen MR) is 197 cm³/mol. The molecule has 4 amide bonds. The van der Waals surface area contributed by atoms with Crippen LogP contribution in [0.5, 0.6) is 5.75 Å². The molecule has 12 heteroatoms. The second kappa shape index (κ2) is 19.9. The maximum absolute atomic E-state index is 13.6. The molecule has 0 spiro atoms. The number of esters is 1. The van der Waals surface area contributed by atoms with Crippen LogP contribution in [0.3, 0.4) is 0 Å². The van der Waals surface area contributed by atoms with Crippen LogP contribution < -0.4 is 26.0 Å². The Hall–Kier alpha value is -5.39. The van der Waals surface area contributed by atoms with E-state index in [-0.39, 0.29) is 25.4 Å². The van der Waals surface area contributed by atoms with Gasteiger partial charge in [-0.2, -0.15) is 0 Å². The Kier molecular flexibility index (Phi) is 15.7. The summed E-state index contributed by atoms with van der Waals surface area (Å²) in [6.45, 7) is 12.3. The van der Waals surface area contributed by atoms with E-state index in [1.165, 1.54) is 13.8 Å². The molecule has 0 fully saturated rings. The summed E-state index contributed by atoms with van der Waals surface area (Å²) in [6.07, 6.45) is -0.426. The van der Waals surface area contributed by atoms with Crippen molar-refractivity contribution in [3.63, 3.8) is 0 Å². The van der Waals surface area contributed by atoms with E-state index >= 15 is 0 Å². The standard InChI is InChI=1S/C40H52N4O8/c1-26(2)22-33(36(46)42-28(4)38(48)51-25-31-16-12-9-13-17-31)43-35(45)27(3)41-37(47)34(44-39(49)52-40(5,6)7)23-29-18-20-32(21-19-29)50-24-30-14-10-8-11-15-30/h8-21,26-28,33-34H,22-25H2,1-7H3,(H,41,47)(H,42,46)(H,43,45)(H,44,49)/t27-,28-,33+,34+/m1/s1. The van der Waals surface area contributed by atoms with Gasteiger partial charge in [-0.25, -0.2) is 9.59 Å². The summed E-state index contributed by atoms with van der Waals surface area (Å²) < 4.78 is 16.6. The normalized spacial score (nSPS) is 13.5. The molecule has 280 valence electrons. The lowest BCUT2D eigenvalue weighted by Crippen LogP contribution is -2.57. The third-order valence-electron chi connectivity index (χ3n) is 7.65. The minimum atomic E-state index is -1.10. The van der Waals surface area contributed by atoms with Gasteiger partial charge in [0.15, 0.2) is 0 Å². The SMILES string of the molecule is CC(C)C[C@H](NC(=O)[C@@H](C)NC(=O)[C@H](Cc1ccc(OCc2ccccc2)cc1)NC(=O)OC(C)(C)C)C(=O)N[C@H](C)C(=O)OCc1ccccc1. The summed E-state index contributed by atoms with van der Waals surface area (Å²) in [6, 6.07) is 21.9. The number of rotatable bonds is 17. The Morgan fingerprint density at radius 3 is 1.69 bits per heavy atom. The molecular weight excluding hydrogens is 664 g/mol. The zero-order valence-corrected chi connectivity index (χ0v) is 31.1. The van der Waals surface area contributed by atoms with Crippen LogP contribution >= 0.6 is 0 Å². The van der Waals surface area contributed by atoms with E-state index < -0.39 is 59.6 Å². The van der Waals surface area contributed by atoms with Crippen molar-refractivity contribution >= 4 is 29.8 Å². The van der Waals surface area contributed by atoms with E-state index in [9.17, 15) is 24.0 Å². The monoisotopic (exact) mass is 716 g/mol. The number of ether oxygens (including phenoxy) is 3. The highest BCUT2D eigenvalue weighted by molar-refractivity contribution is 5.94. The first kappa shape index (κ1) is 41.0. The average molecular weight is 717 g/mol. The van der Waals surface area contributed by atoms with Gasteiger partial charge in [0, 0.05) is 6.42 Å². The minimum Gasteiger partial charge on any atom is -0.489 e. The Morgan fingerprint density at radius 2 is 1.13 bits per heavy atom. The van der Waals surface area contributed by atoms with Crippen LogP contribution in [0.2, 0.25) is 0 Å². The van der Waals surface area contributed by atoms with Gasteiger partial charge in [-0.05, 0) is 75.8 Å². The summed E-state index contributed by atoms with van der Waals surface area (Å²) in [7, 11) is 0. The molecule has 0 radical (unpaired) electrons. The van der Waals surface area contributed by atoms with E-state index in [4.69, 9.17) is 14.2 Å². The summed E-state index contributed by atoms with van der Waals surface area (Å²) in [4.78, 5) is 65.4. The smallest absolute Gasteiger partial charge is 0.408 e. The fraction of sp³-hybridized carbons (Fsp3) is 0.425. The number of amides is 4. The molecule has 4 N–H and O–H groups in total. The second-order valence-corrected chi connectivity index (χ2v) is 14.1. The Bertz CT molecular complexity index is 1610. The molecule has 52 heavy (non-hydrogen) atoms. The molecule has 3 rings (SSSR count). The fourth-order valence-electron chi connectivity index (χ4n) is 4.96. The molecule has 0 bridgehead atoms. The van der Waals surface area contributed by atoms with E-state index in [0.717, 1.165) is 16.7 Å². The van der Waals surface area contributed by atoms with Gasteiger partial charge < -0.3 is 35.5 Å². The number of hydrogen-bond acceptors (Lipinski definition) is 8. The number of nitrogens with one attached hydrogen (secondary N) is 4. The van der Waals surface area contributed by atoms with Gasteiger partial charge in [-0.15, -0.1) is 0 Å². The summed E-state index contributed by atoms with van der Waals surface area (Å²) in [5.74, 6) is -1.78. The number of hydrogen-bond donors (Lipinski definition) is 4. The molecule has 0 aliphatic carbocycles. The van der Waals surface area contributed by atoms with Crippen molar-refractivity contribution in [2.45, 2.75) is 104 Å². The molecule has 0 aliphatic heterocycles. The fourth-order valence-corrected chi connectivity index (χ4v) is 4.96. The number of carbonyl (C=O) groups excluding carboxylic acids is 5. The Labute approximate surface area is 306 Å². The Balaban J connectivity index is 1.63. The van der Waals surface area contributed by atoms with E-state index in [1.807, 2.05) is 74.5 Å². The lowest BCUT2D eigenvalue weighted by atomic mass is 10.0. The quantitative estimate of drug-likeness (QED) is 0.142. The van der Waals surface area contributed by atoms with Gasteiger partial charge in [0.25, 0.3) is 0 Å². The second-order valence-electron chi connectivity index (χ2n) is 14.1. The topological polar surface area (TPSA) is 161 Å². The first-order chi connectivity index (χ1) is 24.6. The van der Waals surface area contributed by atoms with Crippen LogP contribution in [0.4, 0.5) is 4.79 Å².